The summed E-state index contributed by atoms with van der Waals surface area (Å²) in [4.78, 5) is 2.43. The monoisotopic (exact) mass is 288 g/mol. The Morgan fingerprint density at radius 2 is 2.10 bits per heavy atom. The van der Waals surface area contributed by atoms with Crippen LogP contribution >= 0.6 is 0 Å². The highest BCUT2D eigenvalue weighted by Gasteiger charge is 2.21. The molecule has 1 N–H and O–H groups in total. The van der Waals surface area contributed by atoms with Crippen molar-refractivity contribution in [2.24, 2.45) is 0 Å². The van der Waals surface area contributed by atoms with Crippen molar-refractivity contribution in [3.05, 3.63) is 29.8 Å². The molecule has 2 rings (SSSR count). The van der Waals surface area contributed by atoms with E-state index in [4.69, 9.17) is 15.1 Å². The Balaban J connectivity index is 1.76. The van der Waals surface area contributed by atoms with Gasteiger partial charge in [-0.3, -0.25) is 4.90 Å². The Kier molecular flexibility index (Phi) is 6.52. The van der Waals surface area contributed by atoms with E-state index in [-0.39, 0.29) is 6.61 Å². The van der Waals surface area contributed by atoms with E-state index in [9.17, 15) is 0 Å². The molecule has 1 unspecified atom stereocenters. The van der Waals surface area contributed by atoms with Gasteiger partial charge in [-0.2, -0.15) is 5.26 Å². The second kappa shape index (κ2) is 8.66. The second-order valence-corrected chi connectivity index (χ2v) is 5.53. The first-order valence-electron chi connectivity index (χ1n) is 7.77. The Bertz CT molecular complexity index is 451. The molecule has 1 saturated heterocycles. The summed E-state index contributed by atoms with van der Waals surface area (Å²) in [5, 5.41) is 17.8. The Labute approximate surface area is 127 Å². The molecular formula is C17H24N2O2. The molecule has 4 heteroatoms. The number of benzene rings is 1. The van der Waals surface area contributed by atoms with Gasteiger partial charge in [0.25, 0.3) is 0 Å². The second-order valence-electron chi connectivity index (χ2n) is 5.53. The summed E-state index contributed by atoms with van der Waals surface area (Å²) in [6, 6.07) is 10.4. The molecule has 1 aromatic rings. The summed E-state index contributed by atoms with van der Waals surface area (Å²) >= 11 is 0. The van der Waals surface area contributed by atoms with Crippen molar-refractivity contribution in [3.63, 3.8) is 0 Å². The predicted molar refractivity (Wildman–Crippen MR) is 82.2 cm³/mol. The van der Waals surface area contributed by atoms with E-state index in [1.165, 1.54) is 19.3 Å². The first kappa shape index (κ1) is 15.8. The zero-order valence-corrected chi connectivity index (χ0v) is 12.5. The first-order chi connectivity index (χ1) is 10.3. The SMILES string of the molecule is N#CCc1ccc(OCCN2CCCCC2CCO)cc1. The summed E-state index contributed by atoms with van der Waals surface area (Å²) in [6.07, 6.45) is 5.00. The van der Waals surface area contributed by atoms with Crippen LogP contribution in [0.2, 0.25) is 0 Å². The van der Waals surface area contributed by atoms with E-state index in [0.29, 0.717) is 19.1 Å². The normalized spacial score (nSPS) is 19.1. The highest BCUT2D eigenvalue weighted by molar-refractivity contribution is 5.28. The van der Waals surface area contributed by atoms with Crippen molar-refractivity contribution >= 4 is 0 Å². The fourth-order valence-electron chi connectivity index (χ4n) is 2.91. The van der Waals surface area contributed by atoms with Crippen LogP contribution in [0.15, 0.2) is 24.3 Å². The van der Waals surface area contributed by atoms with Crippen molar-refractivity contribution in [3.8, 4) is 11.8 Å². The molecule has 1 aliphatic rings. The summed E-state index contributed by atoms with van der Waals surface area (Å²) in [5.74, 6) is 0.854. The Morgan fingerprint density at radius 1 is 1.29 bits per heavy atom. The number of aliphatic hydroxyl groups excluding tert-OH is 1. The lowest BCUT2D eigenvalue weighted by molar-refractivity contribution is 0.102. The van der Waals surface area contributed by atoms with Gasteiger partial charge in [0.05, 0.1) is 12.5 Å². The minimum atomic E-state index is 0.266. The molecule has 0 amide bonds. The molecule has 1 aliphatic heterocycles. The van der Waals surface area contributed by atoms with Gasteiger partial charge in [-0.15, -0.1) is 0 Å². The molecule has 0 radical (unpaired) electrons. The molecule has 1 heterocycles. The predicted octanol–water partition coefficient (Wildman–Crippen LogP) is 2.37. The van der Waals surface area contributed by atoms with Gasteiger partial charge in [0.15, 0.2) is 0 Å². The van der Waals surface area contributed by atoms with Crippen LogP contribution in [0.1, 0.15) is 31.2 Å². The van der Waals surface area contributed by atoms with E-state index in [1.807, 2.05) is 24.3 Å². The molecule has 114 valence electrons. The lowest BCUT2D eigenvalue weighted by Gasteiger charge is -2.35. The van der Waals surface area contributed by atoms with E-state index in [0.717, 1.165) is 30.8 Å². The molecule has 0 aromatic heterocycles. The summed E-state index contributed by atoms with van der Waals surface area (Å²) in [5.41, 5.74) is 1.02. The minimum Gasteiger partial charge on any atom is -0.492 e. The van der Waals surface area contributed by atoms with Gasteiger partial charge in [-0.05, 0) is 43.5 Å². The maximum Gasteiger partial charge on any atom is 0.119 e. The largest absolute Gasteiger partial charge is 0.492 e. The highest BCUT2D eigenvalue weighted by atomic mass is 16.5. The number of nitriles is 1. The fraction of sp³-hybridized carbons (Fsp3) is 0.588. The number of rotatable bonds is 7. The van der Waals surface area contributed by atoms with Crippen LogP contribution in [0.5, 0.6) is 5.75 Å². The van der Waals surface area contributed by atoms with Crippen molar-refractivity contribution in [2.75, 3.05) is 26.3 Å². The van der Waals surface area contributed by atoms with Crippen molar-refractivity contribution in [1.29, 1.82) is 5.26 Å². The highest BCUT2D eigenvalue weighted by Crippen LogP contribution is 2.19. The zero-order valence-electron chi connectivity index (χ0n) is 12.5. The molecule has 1 atom stereocenters. The molecule has 1 fully saturated rings. The lowest BCUT2D eigenvalue weighted by atomic mass is 10.00. The summed E-state index contributed by atoms with van der Waals surface area (Å²) in [7, 11) is 0. The van der Waals surface area contributed by atoms with Gasteiger partial charge in [-0.1, -0.05) is 18.6 Å². The van der Waals surface area contributed by atoms with E-state index >= 15 is 0 Å². The summed E-state index contributed by atoms with van der Waals surface area (Å²) in [6.45, 7) is 2.95. The van der Waals surface area contributed by atoms with Gasteiger partial charge in [0.1, 0.15) is 12.4 Å². The van der Waals surface area contributed by atoms with E-state index in [1.54, 1.807) is 0 Å². The van der Waals surface area contributed by atoms with E-state index in [2.05, 4.69) is 11.0 Å². The number of aliphatic hydroxyl groups is 1. The molecule has 1 aromatic carbocycles. The number of nitrogens with zero attached hydrogens (tertiary/aromatic N) is 2. The quantitative estimate of drug-likeness (QED) is 0.837. The van der Waals surface area contributed by atoms with Crippen LogP contribution in [0.4, 0.5) is 0 Å². The molecule has 0 bridgehead atoms. The van der Waals surface area contributed by atoms with Crippen molar-refractivity contribution in [1.82, 2.24) is 4.90 Å². The van der Waals surface area contributed by atoms with Crippen LogP contribution in [-0.4, -0.2) is 42.4 Å². The standard InChI is InChI=1S/C17H24N2O2/c18-10-8-15-4-6-17(7-5-15)21-14-12-19-11-2-1-3-16(19)9-13-20/h4-7,16,20H,1-3,8-9,11-14H2. The maximum absolute atomic E-state index is 9.13. The molecule has 0 aliphatic carbocycles. The third kappa shape index (κ3) is 5.04. The third-order valence-corrected chi connectivity index (χ3v) is 4.07. The Morgan fingerprint density at radius 3 is 2.81 bits per heavy atom. The Hall–Kier alpha value is -1.57. The van der Waals surface area contributed by atoms with Crippen LogP contribution in [0.3, 0.4) is 0 Å². The van der Waals surface area contributed by atoms with Crippen LogP contribution < -0.4 is 4.74 Å². The molecule has 4 nitrogen and oxygen atoms in total. The van der Waals surface area contributed by atoms with Crippen LogP contribution in [0, 0.1) is 11.3 Å². The number of ether oxygens (including phenoxy) is 1. The zero-order chi connectivity index (χ0) is 14.9. The summed E-state index contributed by atoms with van der Waals surface area (Å²) < 4.78 is 5.78. The van der Waals surface area contributed by atoms with Gasteiger partial charge in [0, 0.05) is 19.2 Å². The third-order valence-electron chi connectivity index (χ3n) is 4.07. The van der Waals surface area contributed by atoms with Gasteiger partial charge >= 0.3 is 0 Å². The molecule has 0 spiro atoms. The molecule has 0 saturated carbocycles. The number of hydrogen-bond acceptors (Lipinski definition) is 4. The van der Waals surface area contributed by atoms with Gasteiger partial charge < -0.3 is 9.84 Å². The average Bonchev–Trinajstić information content (AvgIpc) is 2.51. The van der Waals surface area contributed by atoms with Crippen LogP contribution in [0.25, 0.3) is 0 Å². The first-order valence-corrected chi connectivity index (χ1v) is 7.77. The molecule has 21 heavy (non-hydrogen) atoms. The fourth-order valence-corrected chi connectivity index (χ4v) is 2.91. The maximum atomic E-state index is 9.13. The number of hydrogen-bond donors (Lipinski definition) is 1. The van der Waals surface area contributed by atoms with Crippen LogP contribution in [-0.2, 0) is 6.42 Å². The van der Waals surface area contributed by atoms with Gasteiger partial charge in [0.2, 0.25) is 0 Å². The average molecular weight is 288 g/mol. The van der Waals surface area contributed by atoms with Crippen molar-refractivity contribution < 1.29 is 9.84 Å². The minimum absolute atomic E-state index is 0.266. The number of piperidine rings is 1. The topological polar surface area (TPSA) is 56.5 Å². The molecular weight excluding hydrogens is 264 g/mol. The van der Waals surface area contributed by atoms with Gasteiger partial charge in [-0.25, -0.2) is 0 Å². The number of likely N-dealkylation sites (tertiary alicyclic amines) is 1. The lowest BCUT2D eigenvalue weighted by Crippen LogP contribution is -2.42. The van der Waals surface area contributed by atoms with Crippen molar-refractivity contribution in [2.45, 2.75) is 38.1 Å². The smallest absolute Gasteiger partial charge is 0.119 e. The van der Waals surface area contributed by atoms with E-state index < -0.39 is 0 Å².